The molecule has 2 aromatic rings. The van der Waals surface area contributed by atoms with E-state index in [4.69, 9.17) is 0 Å². The van der Waals surface area contributed by atoms with E-state index in [0.29, 0.717) is 13.0 Å². The zero-order valence-electron chi connectivity index (χ0n) is 11.4. The van der Waals surface area contributed by atoms with E-state index >= 15 is 0 Å². The lowest BCUT2D eigenvalue weighted by atomic mass is 10.2. The number of pyridine rings is 1. The van der Waals surface area contributed by atoms with E-state index in [0.717, 1.165) is 17.8 Å². The van der Waals surface area contributed by atoms with Crippen molar-refractivity contribution in [2.45, 2.75) is 12.8 Å². The van der Waals surface area contributed by atoms with Gasteiger partial charge >= 0.3 is 6.36 Å². The van der Waals surface area contributed by atoms with Gasteiger partial charge in [-0.15, -0.1) is 13.2 Å². The molecule has 1 N–H and O–H groups in total. The molecule has 1 amide bonds. The van der Waals surface area contributed by atoms with Gasteiger partial charge in [0, 0.05) is 30.4 Å². The number of amides is 1. The highest BCUT2D eigenvalue weighted by Crippen LogP contribution is 2.22. The summed E-state index contributed by atoms with van der Waals surface area (Å²) < 4.78 is 39.8. The number of aromatic nitrogens is 1. The monoisotopic (exact) mass is 310 g/mol. The highest BCUT2D eigenvalue weighted by Gasteiger charge is 2.31. The van der Waals surface area contributed by atoms with Crippen molar-refractivity contribution in [1.29, 1.82) is 0 Å². The van der Waals surface area contributed by atoms with Crippen LogP contribution in [-0.2, 0) is 6.42 Å². The average Bonchev–Trinajstić information content (AvgIpc) is 2.47. The van der Waals surface area contributed by atoms with Crippen LogP contribution < -0.4 is 10.1 Å². The maximum absolute atomic E-state index is 12.0. The third-order valence-corrected chi connectivity index (χ3v) is 2.74. The van der Waals surface area contributed by atoms with Gasteiger partial charge < -0.3 is 10.1 Å². The number of nitrogens with zero attached hydrogens (tertiary/aromatic N) is 1. The normalized spacial score (nSPS) is 11.0. The predicted octanol–water partition coefficient (Wildman–Crippen LogP) is 2.95. The summed E-state index contributed by atoms with van der Waals surface area (Å²) in [4.78, 5) is 16.0. The molecule has 1 aromatic carbocycles. The fourth-order valence-corrected chi connectivity index (χ4v) is 1.76. The van der Waals surface area contributed by atoms with Gasteiger partial charge in [-0.05, 0) is 36.4 Å². The molecule has 0 saturated heterocycles. The molecule has 116 valence electrons. The van der Waals surface area contributed by atoms with Crippen molar-refractivity contribution < 1.29 is 22.7 Å². The van der Waals surface area contributed by atoms with Gasteiger partial charge in [-0.3, -0.25) is 9.78 Å². The number of alkyl halides is 3. The fourth-order valence-electron chi connectivity index (χ4n) is 1.76. The van der Waals surface area contributed by atoms with E-state index in [2.05, 4.69) is 15.0 Å². The van der Waals surface area contributed by atoms with Crippen LogP contribution in [0.2, 0.25) is 0 Å². The number of carbonyl (C=O) groups is 1. The van der Waals surface area contributed by atoms with Crippen LogP contribution in [0.15, 0.2) is 48.7 Å². The smallest absolute Gasteiger partial charge is 0.406 e. The summed E-state index contributed by atoms with van der Waals surface area (Å²) in [5.41, 5.74) is 1.10. The topological polar surface area (TPSA) is 51.2 Å². The van der Waals surface area contributed by atoms with Crippen LogP contribution in [0.4, 0.5) is 13.2 Å². The van der Waals surface area contributed by atoms with Crippen molar-refractivity contribution in [2.24, 2.45) is 0 Å². The molecule has 0 atom stereocenters. The van der Waals surface area contributed by atoms with Gasteiger partial charge in [0.15, 0.2) is 0 Å². The quantitative estimate of drug-likeness (QED) is 0.924. The summed E-state index contributed by atoms with van der Waals surface area (Å²) in [5.74, 6) is -0.730. The standard InChI is InChI=1S/C15H13F3N2O2/c16-15(17,18)22-13-6-4-11(5-7-13)14(21)20-10-8-12-3-1-2-9-19-12/h1-7,9H,8,10H2,(H,20,21). The van der Waals surface area contributed by atoms with Crippen molar-refractivity contribution in [1.82, 2.24) is 10.3 Å². The first-order valence-corrected chi connectivity index (χ1v) is 6.48. The Morgan fingerprint density at radius 2 is 1.86 bits per heavy atom. The molecule has 0 aliphatic rings. The lowest BCUT2D eigenvalue weighted by molar-refractivity contribution is -0.274. The van der Waals surface area contributed by atoms with E-state index in [9.17, 15) is 18.0 Å². The number of rotatable bonds is 5. The minimum atomic E-state index is -4.74. The Labute approximate surface area is 124 Å². The van der Waals surface area contributed by atoms with Crippen molar-refractivity contribution in [3.05, 3.63) is 59.9 Å². The molecule has 1 aromatic heterocycles. The zero-order chi connectivity index (χ0) is 16.0. The summed E-state index contributed by atoms with van der Waals surface area (Å²) in [6.07, 6.45) is -2.51. The van der Waals surface area contributed by atoms with Crippen molar-refractivity contribution in [3.63, 3.8) is 0 Å². The van der Waals surface area contributed by atoms with Crippen LogP contribution >= 0.6 is 0 Å². The molecule has 2 rings (SSSR count). The molecule has 0 aliphatic heterocycles. The fraction of sp³-hybridized carbons (Fsp3) is 0.200. The highest BCUT2D eigenvalue weighted by atomic mass is 19.4. The predicted molar refractivity (Wildman–Crippen MR) is 73.4 cm³/mol. The molecular weight excluding hydrogens is 297 g/mol. The summed E-state index contributed by atoms with van der Waals surface area (Å²) >= 11 is 0. The summed E-state index contributed by atoms with van der Waals surface area (Å²) in [6.45, 7) is 0.386. The first-order valence-electron chi connectivity index (χ1n) is 6.48. The highest BCUT2D eigenvalue weighted by molar-refractivity contribution is 5.94. The van der Waals surface area contributed by atoms with Crippen LogP contribution in [0.1, 0.15) is 16.1 Å². The van der Waals surface area contributed by atoms with Crippen LogP contribution in [0.5, 0.6) is 5.75 Å². The van der Waals surface area contributed by atoms with Crippen molar-refractivity contribution in [2.75, 3.05) is 6.54 Å². The Kier molecular flexibility index (Phi) is 4.98. The van der Waals surface area contributed by atoms with Crippen LogP contribution in [-0.4, -0.2) is 23.8 Å². The third kappa shape index (κ3) is 5.08. The second-order valence-electron chi connectivity index (χ2n) is 4.40. The number of halogens is 3. The lowest BCUT2D eigenvalue weighted by Gasteiger charge is -2.09. The summed E-state index contributed by atoms with van der Waals surface area (Å²) in [5, 5.41) is 2.67. The Hall–Kier alpha value is -2.57. The number of hydrogen-bond donors (Lipinski definition) is 1. The molecule has 0 bridgehead atoms. The molecule has 0 aliphatic carbocycles. The van der Waals surface area contributed by atoms with E-state index in [-0.39, 0.29) is 17.2 Å². The van der Waals surface area contributed by atoms with E-state index in [1.807, 2.05) is 12.1 Å². The van der Waals surface area contributed by atoms with Gasteiger partial charge in [0.2, 0.25) is 0 Å². The zero-order valence-corrected chi connectivity index (χ0v) is 11.4. The van der Waals surface area contributed by atoms with E-state index in [1.165, 1.54) is 12.1 Å². The Bertz CT molecular complexity index is 613. The number of carbonyl (C=O) groups excluding carboxylic acids is 1. The van der Waals surface area contributed by atoms with E-state index < -0.39 is 6.36 Å². The number of benzene rings is 1. The maximum Gasteiger partial charge on any atom is 0.573 e. The molecule has 0 spiro atoms. The molecule has 22 heavy (non-hydrogen) atoms. The molecule has 0 saturated carbocycles. The average molecular weight is 310 g/mol. The largest absolute Gasteiger partial charge is 0.573 e. The van der Waals surface area contributed by atoms with Gasteiger partial charge in [-0.25, -0.2) is 0 Å². The van der Waals surface area contributed by atoms with Crippen molar-refractivity contribution in [3.8, 4) is 5.75 Å². The van der Waals surface area contributed by atoms with Crippen molar-refractivity contribution >= 4 is 5.91 Å². The Morgan fingerprint density at radius 1 is 1.14 bits per heavy atom. The summed E-state index contributed by atoms with van der Waals surface area (Å²) in [7, 11) is 0. The molecule has 0 unspecified atom stereocenters. The number of ether oxygens (including phenoxy) is 1. The Balaban J connectivity index is 1.85. The van der Waals surface area contributed by atoms with Gasteiger partial charge in [-0.2, -0.15) is 0 Å². The van der Waals surface area contributed by atoms with Crippen LogP contribution in [0, 0.1) is 0 Å². The van der Waals surface area contributed by atoms with Gasteiger partial charge in [0.25, 0.3) is 5.91 Å². The molecule has 1 heterocycles. The lowest BCUT2D eigenvalue weighted by Crippen LogP contribution is -2.25. The van der Waals surface area contributed by atoms with Gasteiger partial charge in [-0.1, -0.05) is 6.07 Å². The molecule has 0 radical (unpaired) electrons. The van der Waals surface area contributed by atoms with E-state index in [1.54, 1.807) is 12.3 Å². The molecular formula is C15H13F3N2O2. The second-order valence-corrected chi connectivity index (χ2v) is 4.40. The maximum atomic E-state index is 12.0. The summed E-state index contributed by atoms with van der Waals surface area (Å²) in [6, 6.07) is 10.2. The molecule has 7 heteroatoms. The van der Waals surface area contributed by atoms with Crippen LogP contribution in [0.3, 0.4) is 0 Å². The minimum absolute atomic E-state index is 0.260. The third-order valence-electron chi connectivity index (χ3n) is 2.74. The van der Waals surface area contributed by atoms with Gasteiger partial charge in [0.05, 0.1) is 0 Å². The Morgan fingerprint density at radius 3 is 2.45 bits per heavy atom. The molecule has 0 fully saturated rings. The minimum Gasteiger partial charge on any atom is -0.406 e. The van der Waals surface area contributed by atoms with Gasteiger partial charge in [0.1, 0.15) is 5.75 Å². The molecule has 4 nitrogen and oxygen atoms in total. The second kappa shape index (κ2) is 6.93. The number of nitrogens with one attached hydrogen (secondary N) is 1. The first-order chi connectivity index (χ1) is 10.4. The SMILES string of the molecule is O=C(NCCc1ccccn1)c1ccc(OC(F)(F)F)cc1. The number of hydrogen-bond acceptors (Lipinski definition) is 3. The van der Waals surface area contributed by atoms with Crippen LogP contribution in [0.25, 0.3) is 0 Å². The first kappa shape index (κ1) is 15.8.